The summed E-state index contributed by atoms with van der Waals surface area (Å²) >= 11 is 2.83. The number of hydrogen-bond acceptors (Lipinski definition) is 7. The molecular weight excluding hydrogens is 308 g/mol. The van der Waals surface area contributed by atoms with E-state index in [4.69, 9.17) is 4.42 Å². The molecule has 1 N–H and O–H groups in total. The standard InChI is InChI=1S/C13H18N4O2S2/c1-8-14-9(6-20-8)5-11-16-17-12(19-11)21-7-10(18)15-13(2,3)4/h6H,5,7H2,1-4H3,(H,15,18). The Hall–Kier alpha value is -1.41. The number of nitrogens with one attached hydrogen (secondary N) is 1. The van der Waals surface area contributed by atoms with Crippen LogP contribution in [0.5, 0.6) is 0 Å². The van der Waals surface area contributed by atoms with E-state index in [0.29, 0.717) is 17.5 Å². The maximum absolute atomic E-state index is 11.7. The van der Waals surface area contributed by atoms with Crippen LogP contribution in [0.2, 0.25) is 0 Å². The van der Waals surface area contributed by atoms with Crippen molar-refractivity contribution < 1.29 is 9.21 Å². The van der Waals surface area contributed by atoms with Crippen molar-refractivity contribution in [2.24, 2.45) is 0 Å². The van der Waals surface area contributed by atoms with E-state index in [0.717, 1.165) is 10.7 Å². The summed E-state index contributed by atoms with van der Waals surface area (Å²) in [7, 11) is 0. The lowest BCUT2D eigenvalue weighted by atomic mass is 10.1. The van der Waals surface area contributed by atoms with Gasteiger partial charge in [-0.15, -0.1) is 21.5 Å². The largest absolute Gasteiger partial charge is 0.416 e. The fourth-order valence-electron chi connectivity index (χ4n) is 1.59. The second-order valence-electron chi connectivity index (χ2n) is 5.58. The maximum atomic E-state index is 11.7. The molecule has 0 spiro atoms. The van der Waals surface area contributed by atoms with Gasteiger partial charge in [0.15, 0.2) is 0 Å². The lowest BCUT2D eigenvalue weighted by molar-refractivity contribution is -0.119. The van der Waals surface area contributed by atoms with Crippen LogP contribution in [0.4, 0.5) is 0 Å². The van der Waals surface area contributed by atoms with Crippen molar-refractivity contribution in [3.8, 4) is 0 Å². The van der Waals surface area contributed by atoms with E-state index in [1.807, 2.05) is 33.1 Å². The smallest absolute Gasteiger partial charge is 0.277 e. The van der Waals surface area contributed by atoms with Crippen LogP contribution < -0.4 is 5.32 Å². The first-order valence-corrected chi connectivity index (χ1v) is 8.35. The van der Waals surface area contributed by atoms with Crippen LogP contribution in [0.3, 0.4) is 0 Å². The predicted octanol–water partition coefficient (Wildman–Crippen LogP) is 2.43. The highest BCUT2D eigenvalue weighted by Gasteiger charge is 2.15. The molecule has 0 radical (unpaired) electrons. The van der Waals surface area contributed by atoms with Crippen LogP contribution in [0.15, 0.2) is 15.0 Å². The molecule has 114 valence electrons. The van der Waals surface area contributed by atoms with E-state index in [1.165, 1.54) is 11.8 Å². The van der Waals surface area contributed by atoms with Gasteiger partial charge in [-0.05, 0) is 27.7 Å². The van der Waals surface area contributed by atoms with Gasteiger partial charge in [-0.1, -0.05) is 11.8 Å². The van der Waals surface area contributed by atoms with E-state index in [2.05, 4.69) is 20.5 Å². The number of amides is 1. The molecule has 0 fully saturated rings. The van der Waals surface area contributed by atoms with Crippen molar-refractivity contribution in [3.63, 3.8) is 0 Å². The monoisotopic (exact) mass is 326 g/mol. The summed E-state index contributed by atoms with van der Waals surface area (Å²) in [6.07, 6.45) is 0.520. The van der Waals surface area contributed by atoms with Gasteiger partial charge in [-0.3, -0.25) is 4.79 Å². The van der Waals surface area contributed by atoms with Crippen molar-refractivity contribution in [1.29, 1.82) is 0 Å². The average Bonchev–Trinajstić information content (AvgIpc) is 2.95. The van der Waals surface area contributed by atoms with Crippen molar-refractivity contribution in [3.05, 3.63) is 22.0 Å². The minimum atomic E-state index is -0.236. The third-order valence-corrected chi connectivity index (χ3v) is 3.93. The molecule has 0 aromatic carbocycles. The Labute approximate surface area is 131 Å². The van der Waals surface area contributed by atoms with E-state index >= 15 is 0 Å². The molecule has 0 saturated heterocycles. The van der Waals surface area contributed by atoms with Crippen LogP contribution in [0, 0.1) is 6.92 Å². The summed E-state index contributed by atoms with van der Waals surface area (Å²) in [6.45, 7) is 7.78. The number of carbonyl (C=O) groups excluding carboxylic acids is 1. The SMILES string of the molecule is Cc1nc(Cc2nnc(SCC(=O)NC(C)(C)C)o2)cs1. The Morgan fingerprint density at radius 2 is 2.19 bits per heavy atom. The third-order valence-electron chi connectivity index (χ3n) is 2.29. The van der Waals surface area contributed by atoms with Crippen LogP contribution in [0.1, 0.15) is 37.4 Å². The normalized spacial score (nSPS) is 11.6. The number of carbonyl (C=O) groups is 1. The van der Waals surface area contributed by atoms with Gasteiger partial charge >= 0.3 is 0 Å². The van der Waals surface area contributed by atoms with Gasteiger partial charge in [-0.25, -0.2) is 4.98 Å². The molecule has 2 aromatic heterocycles. The van der Waals surface area contributed by atoms with Crippen molar-refractivity contribution in [2.75, 3.05) is 5.75 Å². The molecule has 0 aliphatic heterocycles. The molecule has 21 heavy (non-hydrogen) atoms. The zero-order valence-electron chi connectivity index (χ0n) is 12.5. The minimum Gasteiger partial charge on any atom is -0.416 e. The number of rotatable bonds is 5. The predicted molar refractivity (Wildman–Crippen MR) is 82.6 cm³/mol. The highest BCUT2D eigenvalue weighted by molar-refractivity contribution is 7.99. The Kier molecular flexibility index (Phi) is 5.00. The molecule has 6 nitrogen and oxygen atoms in total. The molecule has 2 heterocycles. The summed E-state index contributed by atoms with van der Waals surface area (Å²) in [6, 6.07) is 0. The van der Waals surface area contributed by atoms with Gasteiger partial charge < -0.3 is 9.73 Å². The van der Waals surface area contributed by atoms with E-state index in [1.54, 1.807) is 11.3 Å². The second kappa shape index (κ2) is 6.57. The van der Waals surface area contributed by atoms with Gasteiger partial charge in [0, 0.05) is 10.9 Å². The van der Waals surface area contributed by atoms with Crippen LogP contribution >= 0.6 is 23.1 Å². The van der Waals surface area contributed by atoms with Gasteiger partial charge in [0.05, 0.1) is 22.9 Å². The van der Waals surface area contributed by atoms with Gasteiger partial charge in [0.2, 0.25) is 11.8 Å². The molecule has 0 atom stereocenters. The van der Waals surface area contributed by atoms with Crippen molar-refractivity contribution >= 4 is 29.0 Å². The summed E-state index contributed by atoms with van der Waals surface area (Å²) < 4.78 is 5.50. The maximum Gasteiger partial charge on any atom is 0.277 e. The van der Waals surface area contributed by atoms with Crippen LogP contribution in [-0.2, 0) is 11.2 Å². The first-order valence-electron chi connectivity index (χ1n) is 6.49. The molecule has 0 aliphatic rings. The number of aryl methyl sites for hydroxylation is 1. The molecule has 2 rings (SSSR count). The molecular formula is C13H18N4O2S2. The third kappa shape index (κ3) is 5.47. The quantitative estimate of drug-likeness (QED) is 0.850. The second-order valence-corrected chi connectivity index (χ2v) is 7.57. The number of aromatic nitrogens is 3. The molecule has 0 unspecified atom stereocenters. The zero-order valence-corrected chi connectivity index (χ0v) is 14.1. The Morgan fingerprint density at radius 3 is 2.81 bits per heavy atom. The highest BCUT2D eigenvalue weighted by Crippen LogP contribution is 2.18. The van der Waals surface area contributed by atoms with E-state index in [-0.39, 0.29) is 17.2 Å². The van der Waals surface area contributed by atoms with Crippen LogP contribution in [0.25, 0.3) is 0 Å². The Bertz CT molecular complexity index is 616. The van der Waals surface area contributed by atoms with E-state index < -0.39 is 0 Å². The molecule has 1 amide bonds. The molecule has 2 aromatic rings. The Balaban J connectivity index is 1.84. The summed E-state index contributed by atoms with van der Waals surface area (Å²) in [4.78, 5) is 16.1. The van der Waals surface area contributed by atoms with Crippen molar-refractivity contribution in [1.82, 2.24) is 20.5 Å². The lowest BCUT2D eigenvalue weighted by Crippen LogP contribution is -2.41. The van der Waals surface area contributed by atoms with Crippen LogP contribution in [-0.4, -0.2) is 32.4 Å². The van der Waals surface area contributed by atoms with E-state index in [9.17, 15) is 4.79 Å². The van der Waals surface area contributed by atoms with Crippen molar-refractivity contribution in [2.45, 2.75) is 44.9 Å². The molecule has 0 aliphatic carbocycles. The molecule has 0 saturated carbocycles. The highest BCUT2D eigenvalue weighted by atomic mass is 32.2. The number of thioether (sulfide) groups is 1. The molecule has 0 bridgehead atoms. The Morgan fingerprint density at radius 1 is 1.43 bits per heavy atom. The van der Waals surface area contributed by atoms with Gasteiger partial charge in [0.25, 0.3) is 5.22 Å². The fourth-order valence-corrected chi connectivity index (χ4v) is 2.79. The number of thiazole rings is 1. The lowest BCUT2D eigenvalue weighted by Gasteiger charge is -2.19. The topological polar surface area (TPSA) is 80.9 Å². The average molecular weight is 326 g/mol. The summed E-state index contributed by atoms with van der Waals surface area (Å²) in [5.41, 5.74) is 0.684. The van der Waals surface area contributed by atoms with Gasteiger partial charge in [-0.2, -0.15) is 0 Å². The molecule has 8 heteroatoms. The fraction of sp³-hybridized carbons (Fsp3) is 0.538. The summed E-state index contributed by atoms with van der Waals surface area (Å²) in [5.74, 6) is 0.718. The van der Waals surface area contributed by atoms with Gasteiger partial charge in [0.1, 0.15) is 0 Å². The summed E-state index contributed by atoms with van der Waals surface area (Å²) in [5, 5.41) is 14.2. The number of hydrogen-bond donors (Lipinski definition) is 1. The zero-order chi connectivity index (χ0) is 15.5. The number of nitrogens with zero attached hydrogens (tertiary/aromatic N) is 3. The minimum absolute atomic E-state index is 0.0534. The first kappa shape index (κ1) is 16.0. The first-order chi connectivity index (χ1) is 9.82.